The first-order chi connectivity index (χ1) is 19.4. The summed E-state index contributed by atoms with van der Waals surface area (Å²) in [6.45, 7) is 7.76. The molecule has 10 nitrogen and oxygen atoms in total. The van der Waals surface area contributed by atoms with E-state index < -0.39 is 23.8 Å². The minimum absolute atomic E-state index is 0.0640. The minimum atomic E-state index is -0.782. The molecule has 2 aromatic carbocycles. The number of carbonyl (C=O) groups excluding carboxylic acids is 3. The summed E-state index contributed by atoms with van der Waals surface area (Å²) in [7, 11) is 2.98. The highest BCUT2D eigenvalue weighted by Crippen LogP contribution is 2.42. The highest BCUT2D eigenvalue weighted by Gasteiger charge is 2.43. The lowest BCUT2D eigenvalue weighted by molar-refractivity contribution is -0.144. The molecular weight excluding hydrogens is 512 g/mol. The molecule has 10 heteroatoms. The average molecular weight is 551 g/mol. The van der Waals surface area contributed by atoms with Crippen LogP contribution in [0.2, 0.25) is 0 Å². The van der Waals surface area contributed by atoms with Crippen LogP contribution in [0.1, 0.15) is 25.3 Å². The molecule has 2 atom stereocenters. The van der Waals surface area contributed by atoms with Crippen LogP contribution in [0.4, 0.5) is 4.79 Å². The molecule has 1 saturated heterocycles. The van der Waals surface area contributed by atoms with Gasteiger partial charge in [-0.1, -0.05) is 42.5 Å². The third-order valence-electron chi connectivity index (χ3n) is 7.49. The zero-order valence-electron chi connectivity index (χ0n) is 23.6. The highest BCUT2D eigenvalue weighted by molar-refractivity contribution is 6.08. The number of fused-ring (bicyclic) bond motifs is 1. The quantitative estimate of drug-likeness (QED) is 0.378. The number of carbonyl (C=O) groups is 3. The predicted molar refractivity (Wildman–Crippen MR) is 152 cm³/mol. The Bertz CT molecular complexity index is 1290. The molecule has 2 aromatic rings. The molecule has 2 heterocycles. The van der Waals surface area contributed by atoms with Gasteiger partial charge in [-0.2, -0.15) is 0 Å². The van der Waals surface area contributed by atoms with E-state index in [0.717, 1.165) is 29.4 Å². The first-order valence-corrected chi connectivity index (χ1v) is 13.7. The lowest BCUT2D eigenvalue weighted by atomic mass is 9.74. The number of methoxy groups -OCH3 is 1. The Hall–Kier alpha value is -3.76. The van der Waals surface area contributed by atoms with Gasteiger partial charge in [-0.15, -0.1) is 0 Å². The highest BCUT2D eigenvalue weighted by atomic mass is 16.5. The molecule has 0 aromatic heterocycles. The predicted octanol–water partition coefficient (Wildman–Crippen LogP) is 2.98. The molecule has 0 radical (unpaired) electrons. The number of amides is 2. The Labute approximate surface area is 235 Å². The number of urea groups is 1. The number of nitrogens with one attached hydrogen (secondary N) is 1. The van der Waals surface area contributed by atoms with E-state index in [2.05, 4.69) is 10.2 Å². The molecule has 1 N–H and O–H groups in total. The van der Waals surface area contributed by atoms with E-state index in [4.69, 9.17) is 19.2 Å². The van der Waals surface area contributed by atoms with Gasteiger partial charge in [0, 0.05) is 51.4 Å². The van der Waals surface area contributed by atoms with Crippen molar-refractivity contribution in [2.24, 2.45) is 10.9 Å². The van der Waals surface area contributed by atoms with Gasteiger partial charge in [0.15, 0.2) is 0 Å². The summed E-state index contributed by atoms with van der Waals surface area (Å²) >= 11 is 0. The van der Waals surface area contributed by atoms with Gasteiger partial charge in [0.05, 0.1) is 38.2 Å². The average Bonchev–Trinajstić information content (AvgIpc) is 2.98. The van der Waals surface area contributed by atoms with Gasteiger partial charge in [0.1, 0.15) is 5.92 Å². The Morgan fingerprint density at radius 3 is 2.48 bits per heavy atom. The smallest absolute Gasteiger partial charge is 0.336 e. The van der Waals surface area contributed by atoms with Crippen molar-refractivity contribution in [2.75, 3.05) is 66.7 Å². The number of hydrogen-bond acceptors (Lipinski definition) is 8. The number of benzene rings is 2. The normalized spacial score (nSPS) is 19.8. The number of esters is 2. The van der Waals surface area contributed by atoms with Crippen molar-refractivity contribution in [3.05, 3.63) is 59.3 Å². The van der Waals surface area contributed by atoms with Crippen LogP contribution in [-0.2, 0) is 23.8 Å². The molecule has 2 aliphatic heterocycles. The third kappa shape index (κ3) is 6.34. The van der Waals surface area contributed by atoms with Gasteiger partial charge < -0.3 is 24.4 Å². The van der Waals surface area contributed by atoms with Crippen LogP contribution in [0, 0.1) is 5.92 Å². The van der Waals surface area contributed by atoms with Crippen LogP contribution in [0.25, 0.3) is 10.8 Å². The van der Waals surface area contributed by atoms with Crippen molar-refractivity contribution in [3.63, 3.8) is 0 Å². The third-order valence-corrected chi connectivity index (χ3v) is 7.49. The van der Waals surface area contributed by atoms with Crippen LogP contribution in [0.15, 0.2) is 58.7 Å². The molecule has 2 amide bonds. The van der Waals surface area contributed by atoms with Gasteiger partial charge >= 0.3 is 18.0 Å². The zero-order chi connectivity index (χ0) is 28.6. The maximum atomic E-state index is 13.5. The molecule has 0 saturated carbocycles. The molecular formula is C30H38N4O6. The fourth-order valence-corrected chi connectivity index (χ4v) is 5.48. The standard InChI is InChI=1S/C30H38N4O6/c1-5-40-29(36)27-24(19-39-18-17-33-13-15-34(16-14-33)30(37)31-3)32-20(2)25(28(35)38-4)26(27)23-12-8-10-21-9-6-7-11-22(21)23/h6-12,25-26H,5,13-19H2,1-4H3,(H,31,37). The maximum absolute atomic E-state index is 13.5. The van der Waals surface area contributed by atoms with E-state index in [9.17, 15) is 14.4 Å². The lowest BCUT2D eigenvalue weighted by Gasteiger charge is -2.34. The van der Waals surface area contributed by atoms with Crippen LogP contribution < -0.4 is 5.32 Å². The monoisotopic (exact) mass is 550 g/mol. The van der Waals surface area contributed by atoms with E-state index in [-0.39, 0.29) is 19.2 Å². The Kier molecular flexibility index (Phi) is 9.89. The van der Waals surface area contributed by atoms with Crippen molar-refractivity contribution >= 4 is 34.5 Å². The second kappa shape index (κ2) is 13.5. The number of nitrogens with zero attached hydrogens (tertiary/aromatic N) is 3. The summed E-state index contributed by atoms with van der Waals surface area (Å²) in [5, 5.41) is 4.60. The van der Waals surface area contributed by atoms with E-state index in [1.54, 1.807) is 25.8 Å². The van der Waals surface area contributed by atoms with Crippen molar-refractivity contribution in [1.82, 2.24) is 15.1 Å². The number of aliphatic imine (C=N–C) groups is 1. The van der Waals surface area contributed by atoms with Gasteiger partial charge in [0.2, 0.25) is 0 Å². The maximum Gasteiger partial charge on any atom is 0.336 e. The second-order valence-corrected chi connectivity index (χ2v) is 9.82. The first kappa shape index (κ1) is 29.2. The number of rotatable bonds is 9. The number of ether oxygens (including phenoxy) is 3. The summed E-state index contributed by atoms with van der Waals surface area (Å²) in [6, 6.07) is 13.7. The van der Waals surface area contributed by atoms with Crippen LogP contribution >= 0.6 is 0 Å². The molecule has 0 bridgehead atoms. The fourth-order valence-electron chi connectivity index (χ4n) is 5.48. The largest absolute Gasteiger partial charge is 0.468 e. The second-order valence-electron chi connectivity index (χ2n) is 9.82. The molecule has 0 spiro atoms. The molecule has 0 aliphatic carbocycles. The summed E-state index contributed by atoms with van der Waals surface area (Å²) in [5.41, 5.74) is 2.16. The van der Waals surface area contributed by atoms with E-state index in [0.29, 0.717) is 43.2 Å². The van der Waals surface area contributed by atoms with Gasteiger partial charge in [-0.3, -0.25) is 14.7 Å². The molecule has 4 rings (SSSR count). The van der Waals surface area contributed by atoms with Crippen molar-refractivity contribution in [3.8, 4) is 0 Å². The van der Waals surface area contributed by atoms with E-state index in [1.165, 1.54) is 7.11 Å². The van der Waals surface area contributed by atoms with Crippen LogP contribution in [0.5, 0.6) is 0 Å². The summed E-state index contributed by atoms with van der Waals surface area (Å²) < 4.78 is 16.7. The van der Waals surface area contributed by atoms with Crippen LogP contribution in [-0.4, -0.2) is 100 Å². The van der Waals surface area contributed by atoms with E-state index >= 15 is 0 Å². The SMILES string of the molecule is CCOC(=O)C1=C(COCCN2CCN(C(=O)NC)CC2)N=C(C)C(C(=O)OC)C1c1cccc2ccccc12. The van der Waals surface area contributed by atoms with Crippen molar-refractivity contribution < 1.29 is 28.6 Å². The zero-order valence-corrected chi connectivity index (χ0v) is 23.6. The Balaban J connectivity index is 1.60. The number of hydrogen-bond donors (Lipinski definition) is 1. The van der Waals surface area contributed by atoms with Gasteiger partial charge in [-0.25, -0.2) is 9.59 Å². The topological polar surface area (TPSA) is 110 Å². The summed E-state index contributed by atoms with van der Waals surface area (Å²) in [4.78, 5) is 47.2. The summed E-state index contributed by atoms with van der Waals surface area (Å²) in [5.74, 6) is -2.41. The number of piperazine rings is 1. The van der Waals surface area contributed by atoms with E-state index in [1.807, 2.05) is 42.5 Å². The molecule has 214 valence electrons. The molecule has 1 fully saturated rings. The molecule has 2 aliphatic rings. The Morgan fingerprint density at radius 2 is 1.77 bits per heavy atom. The van der Waals surface area contributed by atoms with Crippen LogP contribution in [0.3, 0.4) is 0 Å². The molecule has 40 heavy (non-hydrogen) atoms. The van der Waals surface area contributed by atoms with Crippen molar-refractivity contribution in [1.29, 1.82) is 0 Å². The van der Waals surface area contributed by atoms with Crippen molar-refractivity contribution in [2.45, 2.75) is 19.8 Å². The fraction of sp³-hybridized carbons (Fsp3) is 0.467. The van der Waals surface area contributed by atoms with Gasteiger partial charge in [0.25, 0.3) is 0 Å². The summed E-state index contributed by atoms with van der Waals surface area (Å²) in [6.07, 6.45) is 0. The lowest BCUT2D eigenvalue weighted by Crippen LogP contribution is -2.51. The first-order valence-electron chi connectivity index (χ1n) is 13.7. The minimum Gasteiger partial charge on any atom is -0.468 e. The molecule has 2 unspecified atom stereocenters. The van der Waals surface area contributed by atoms with Gasteiger partial charge in [-0.05, 0) is 30.2 Å². The Morgan fingerprint density at radius 1 is 1.05 bits per heavy atom.